The van der Waals surface area contributed by atoms with Gasteiger partial charge < -0.3 is 10.5 Å². The number of ether oxygens (including phenoxy) is 1. The molecule has 0 heterocycles. The van der Waals surface area contributed by atoms with Crippen molar-refractivity contribution >= 4 is 10.8 Å². The van der Waals surface area contributed by atoms with E-state index in [1.165, 1.54) is 10.8 Å². The van der Waals surface area contributed by atoms with Crippen molar-refractivity contribution in [1.29, 1.82) is 5.26 Å². The fourth-order valence-electron chi connectivity index (χ4n) is 3.23. The molecular weight excluding hydrogens is 260 g/mol. The Bertz CT molecular complexity index is 676. The van der Waals surface area contributed by atoms with Crippen molar-refractivity contribution in [2.75, 3.05) is 6.61 Å². The zero-order valence-electron chi connectivity index (χ0n) is 12.1. The number of nitrogens with two attached hydrogens (primary N) is 1. The molecule has 3 heteroatoms. The Morgan fingerprint density at radius 3 is 2.86 bits per heavy atom. The van der Waals surface area contributed by atoms with E-state index in [0.717, 1.165) is 31.4 Å². The summed E-state index contributed by atoms with van der Waals surface area (Å²) >= 11 is 0. The van der Waals surface area contributed by atoms with Crippen LogP contribution in [0.5, 0.6) is 5.75 Å². The molecule has 0 spiro atoms. The van der Waals surface area contributed by atoms with Crippen LogP contribution < -0.4 is 10.5 Å². The third kappa shape index (κ3) is 2.86. The first-order valence-corrected chi connectivity index (χ1v) is 7.53. The predicted molar refractivity (Wildman–Crippen MR) is 83.9 cm³/mol. The lowest BCUT2D eigenvalue weighted by atomic mass is 9.87. The van der Waals surface area contributed by atoms with Crippen LogP contribution in [0.15, 0.2) is 42.5 Å². The summed E-state index contributed by atoms with van der Waals surface area (Å²) in [7, 11) is 0. The normalized spacial score (nSPS) is 24.9. The number of hydrogen-bond donors (Lipinski definition) is 1. The van der Waals surface area contributed by atoms with Crippen LogP contribution in [0, 0.1) is 17.2 Å². The first-order valence-electron chi connectivity index (χ1n) is 7.53. The van der Waals surface area contributed by atoms with E-state index >= 15 is 0 Å². The van der Waals surface area contributed by atoms with Crippen LogP contribution in [-0.4, -0.2) is 12.1 Å². The largest absolute Gasteiger partial charge is 0.494 e. The standard InChI is InChI=1S/C18H20N2O/c19-13-18(20)10-3-6-16(18)9-11-21-17-8-7-14-4-1-2-5-15(14)12-17/h1-2,4-5,7-8,12,16H,3,6,9-11,20H2. The molecule has 2 unspecified atom stereocenters. The van der Waals surface area contributed by atoms with Crippen molar-refractivity contribution in [1.82, 2.24) is 0 Å². The van der Waals surface area contributed by atoms with Crippen molar-refractivity contribution < 1.29 is 4.74 Å². The van der Waals surface area contributed by atoms with Crippen molar-refractivity contribution in [3.8, 4) is 11.8 Å². The minimum atomic E-state index is -0.646. The molecule has 0 radical (unpaired) electrons. The van der Waals surface area contributed by atoms with Gasteiger partial charge in [-0.3, -0.25) is 0 Å². The molecule has 2 aromatic rings. The lowest BCUT2D eigenvalue weighted by Gasteiger charge is -2.23. The van der Waals surface area contributed by atoms with E-state index < -0.39 is 5.54 Å². The monoisotopic (exact) mass is 280 g/mol. The van der Waals surface area contributed by atoms with E-state index in [4.69, 9.17) is 10.5 Å². The number of hydrogen-bond acceptors (Lipinski definition) is 3. The van der Waals surface area contributed by atoms with Crippen LogP contribution in [-0.2, 0) is 0 Å². The highest BCUT2D eigenvalue weighted by molar-refractivity contribution is 5.83. The van der Waals surface area contributed by atoms with E-state index in [2.05, 4.69) is 30.3 Å². The van der Waals surface area contributed by atoms with Crippen LogP contribution in [0.3, 0.4) is 0 Å². The molecule has 1 fully saturated rings. The molecule has 0 amide bonds. The molecule has 21 heavy (non-hydrogen) atoms. The van der Waals surface area contributed by atoms with Gasteiger partial charge in [0.25, 0.3) is 0 Å². The lowest BCUT2D eigenvalue weighted by Crippen LogP contribution is -2.42. The van der Waals surface area contributed by atoms with Gasteiger partial charge in [0.05, 0.1) is 12.7 Å². The number of nitriles is 1. The molecule has 0 saturated heterocycles. The van der Waals surface area contributed by atoms with Crippen molar-refractivity contribution in [3.63, 3.8) is 0 Å². The molecule has 0 bridgehead atoms. The fourth-order valence-corrected chi connectivity index (χ4v) is 3.23. The molecular formula is C18H20N2O. The first kappa shape index (κ1) is 13.9. The first-order chi connectivity index (χ1) is 10.2. The summed E-state index contributed by atoms with van der Waals surface area (Å²) in [6.45, 7) is 0.615. The molecule has 1 aliphatic carbocycles. The molecule has 1 saturated carbocycles. The molecule has 3 nitrogen and oxygen atoms in total. The quantitative estimate of drug-likeness (QED) is 0.930. The third-order valence-electron chi connectivity index (χ3n) is 4.54. The van der Waals surface area contributed by atoms with Gasteiger partial charge in [0.15, 0.2) is 0 Å². The molecule has 3 rings (SSSR count). The van der Waals surface area contributed by atoms with Gasteiger partial charge in [0.1, 0.15) is 11.3 Å². The zero-order chi connectivity index (χ0) is 14.7. The van der Waals surface area contributed by atoms with Crippen LogP contribution in [0.25, 0.3) is 10.8 Å². The van der Waals surface area contributed by atoms with Crippen LogP contribution in [0.2, 0.25) is 0 Å². The van der Waals surface area contributed by atoms with E-state index in [1.807, 2.05) is 18.2 Å². The Morgan fingerprint density at radius 1 is 1.24 bits per heavy atom. The van der Waals surface area contributed by atoms with E-state index in [9.17, 15) is 5.26 Å². The molecule has 0 aliphatic heterocycles. The van der Waals surface area contributed by atoms with E-state index in [1.54, 1.807) is 0 Å². The molecule has 2 aromatic carbocycles. The predicted octanol–water partition coefficient (Wildman–Crippen LogP) is 3.63. The maximum absolute atomic E-state index is 9.21. The molecule has 2 N–H and O–H groups in total. The minimum Gasteiger partial charge on any atom is -0.494 e. The minimum absolute atomic E-state index is 0.253. The summed E-state index contributed by atoms with van der Waals surface area (Å²) in [4.78, 5) is 0. The molecule has 0 aromatic heterocycles. The Hall–Kier alpha value is -2.05. The van der Waals surface area contributed by atoms with Crippen LogP contribution >= 0.6 is 0 Å². The number of nitrogens with zero attached hydrogens (tertiary/aromatic N) is 1. The summed E-state index contributed by atoms with van der Waals surface area (Å²) < 4.78 is 5.85. The van der Waals surface area contributed by atoms with Gasteiger partial charge >= 0.3 is 0 Å². The highest BCUT2D eigenvalue weighted by Crippen LogP contribution is 2.35. The van der Waals surface area contributed by atoms with Crippen molar-refractivity contribution in [2.45, 2.75) is 31.2 Å². The average Bonchev–Trinajstić information content (AvgIpc) is 2.89. The Labute approximate surface area is 125 Å². The second kappa shape index (κ2) is 5.75. The van der Waals surface area contributed by atoms with Gasteiger partial charge in [-0.25, -0.2) is 0 Å². The van der Waals surface area contributed by atoms with E-state index in [-0.39, 0.29) is 5.92 Å². The highest BCUT2D eigenvalue weighted by atomic mass is 16.5. The third-order valence-corrected chi connectivity index (χ3v) is 4.54. The Kier molecular flexibility index (Phi) is 3.81. The summed E-state index contributed by atoms with van der Waals surface area (Å²) in [5.74, 6) is 1.13. The molecule has 108 valence electrons. The van der Waals surface area contributed by atoms with Crippen molar-refractivity contribution in [3.05, 3.63) is 42.5 Å². The SMILES string of the molecule is N#CC1(N)CCCC1CCOc1ccc2ccccc2c1. The summed E-state index contributed by atoms with van der Waals surface area (Å²) in [5, 5.41) is 11.6. The number of fused-ring (bicyclic) bond motifs is 1. The molecule has 1 aliphatic rings. The lowest BCUT2D eigenvalue weighted by molar-refractivity contribution is 0.255. The maximum atomic E-state index is 9.21. The van der Waals surface area contributed by atoms with Gasteiger partial charge in [0.2, 0.25) is 0 Å². The van der Waals surface area contributed by atoms with Crippen molar-refractivity contribution in [2.24, 2.45) is 11.7 Å². The van der Waals surface area contributed by atoms with Gasteiger partial charge in [-0.05, 0) is 48.1 Å². The second-order valence-electron chi connectivity index (χ2n) is 5.89. The van der Waals surface area contributed by atoms with Crippen LogP contribution in [0.4, 0.5) is 0 Å². The van der Waals surface area contributed by atoms with Gasteiger partial charge in [-0.1, -0.05) is 36.8 Å². The second-order valence-corrected chi connectivity index (χ2v) is 5.89. The Balaban J connectivity index is 1.61. The summed E-state index contributed by atoms with van der Waals surface area (Å²) in [6, 6.07) is 16.6. The Morgan fingerprint density at radius 2 is 2.05 bits per heavy atom. The topological polar surface area (TPSA) is 59.0 Å². The maximum Gasteiger partial charge on any atom is 0.119 e. The average molecular weight is 280 g/mol. The summed E-state index contributed by atoms with van der Waals surface area (Å²) in [6.07, 6.45) is 3.73. The highest BCUT2D eigenvalue weighted by Gasteiger charge is 2.39. The molecule has 2 atom stereocenters. The van der Waals surface area contributed by atoms with Gasteiger partial charge in [-0.2, -0.15) is 5.26 Å². The number of rotatable bonds is 4. The zero-order valence-corrected chi connectivity index (χ0v) is 12.1. The van der Waals surface area contributed by atoms with Crippen LogP contribution in [0.1, 0.15) is 25.7 Å². The van der Waals surface area contributed by atoms with Gasteiger partial charge in [-0.15, -0.1) is 0 Å². The smallest absolute Gasteiger partial charge is 0.119 e. The fraction of sp³-hybridized carbons (Fsp3) is 0.389. The summed E-state index contributed by atoms with van der Waals surface area (Å²) in [5.41, 5.74) is 5.49. The van der Waals surface area contributed by atoms with E-state index in [0.29, 0.717) is 6.61 Å². The number of benzene rings is 2. The van der Waals surface area contributed by atoms with Gasteiger partial charge in [0, 0.05) is 0 Å².